The Labute approximate surface area is 200 Å². The molecule has 2 atom stereocenters. The summed E-state index contributed by atoms with van der Waals surface area (Å²) in [6.07, 6.45) is 1.10. The van der Waals surface area contributed by atoms with E-state index in [4.69, 9.17) is 4.74 Å². The molecule has 2 aromatic carbocycles. The summed E-state index contributed by atoms with van der Waals surface area (Å²) in [5, 5.41) is 2.92. The Hall–Kier alpha value is -2.91. The number of anilines is 1. The number of piperidine rings is 1. The van der Waals surface area contributed by atoms with E-state index < -0.39 is 22.0 Å². The van der Waals surface area contributed by atoms with Crippen molar-refractivity contribution < 1.29 is 22.7 Å². The van der Waals surface area contributed by atoms with Gasteiger partial charge in [0.25, 0.3) is 5.91 Å². The van der Waals surface area contributed by atoms with Crippen molar-refractivity contribution in [1.82, 2.24) is 9.62 Å². The number of amides is 2. The number of hydrogen-bond donors (Lipinski definition) is 1. The molecule has 2 aliphatic heterocycles. The van der Waals surface area contributed by atoms with Crippen molar-refractivity contribution in [2.45, 2.75) is 32.3 Å². The molecule has 2 amide bonds. The third-order valence-electron chi connectivity index (χ3n) is 6.38. The molecule has 0 radical (unpaired) electrons. The number of carbonyl (C=O) groups is 2. The number of nitrogens with zero attached hydrogens (tertiary/aromatic N) is 2. The van der Waals surface area contributed by atoms with Gasteiger partial charge in [-0.25, -0.2) is 12.7 Å². The second kappa shape index (κ2) is 10.6. The van der Waals surface area contributed by atoms with Crippen molar-refractivity contribution in [1.29, 1.82) is 0 Å². The van der Waals surface area contributed by atoms with Gasteiger partial charge in [-0.15, -0.1) is 0 Å². The lowest BCUT2D eigenvalue weighted by atomic mass is 9.97. The number of para-hydroxylation sites is 2. The Bertz CT molecular complexity index is 1120. The maximum Gasteiger partial charge on any atom is 0.262 e. The molecule has 9 heteroatoms. The van der Waals surface area contributed by atoms with Gasteiger partial charge in [0.15, 0.2) is 6.10 Å². The highest BCUT2D eigenvalue weighted by molar-refractivity contribution is 7.89. The number of benzene rings is 2. The highest BCUT2D eigenvalue weighted by atomic mass is 32.2. The monoisotopic (exact) mass is 485 g/mol. The maximum absolute atomic E-state index is 13.6. The lowest BCUT2D eigenvalue weighted by molar-refractivity contribution is -0.129. The van der Waals surface area contributed by atoms with Crippen LogP contribution in [0.15, 0.2) is 54.6 Å². The SMILES string of the molecule is CCS(=O)(=O)N1CCCC(C(=O)N2CC(C(=O)NCCc3ccccc3)Oc3ccccc32)C1. The van der Waals surface area contributed by atoms with Crippen LogP contribution in [-0.2, 0) is 26.0 Å². The molecule has 2 aliphatic rings. The fraction of sp³-hybridized carbons (Fsp3) is 0.440. The van der Waals surface area contributed by atoms with Crippen LogP contribution in [0.3, 0.4) is 0 Å². The first kappa shape index (κ1) is 24.2. The number of ether oxygens (including phenoxy) is 1. The van der Waals surface area contributed by atoms with E-state index in [-0.39, 0.29) is 30.7 Å². The minimum absolute atomic E-state index is 0.0134. The summed E-state index contributed by atoms with van der Waals surface area (Å²) in [6.45, 7) is 2.77. The minimum Gasteiger partial charge on any atom is -0.477 e. The molecule has 2 aromatic rings. The van der Waals surface area contributed by atoms with Gasteiger partial charge < -0.3 is 15.0 Å². The van der Waals surface area contributed by atoms with Crippen molar-refractivity contribution in [2.24, 2.45) is 5.92 Å². The zero-order valence-electron chi connectivity index (χ0n) is 19.4. The number of fused-ring (bicyclic) bond motifs is 1. The van der Waals surface area contributed by atoms with Gasteiger partial charge in [-0.2, -0.15) is 0 Å². The minimum atomic E-state index is -3.36. The van der Waals surface area contributed by atoms with E-state index in [2.05, 4.69) is 5.32 Å². The second-order valence-electron chi connectivity index (χ2n) is 8.65. The molecule has 1 fully saturated rings. The fourth-order valence-corrected chi connectivity index (χ4v) is 5.65. The van der Waals surface area contributed by atoms with Gasteiger partial charge in [-0.05, 0) is 43.9 Å². The van der Waals surface area contributed by atoms with Gasteiger partial charge >= 0.3 is 0 Å². The molecule has 2 heterocycles. The average Bonchev–Trinajstić information content (AvgIpc) is 2.88. The third kappa shape index (κ3) is 5.42. The normalized spacial score (nSPS) is 20.8. The number of sulfonamides is 1. The Morgan fingerprint density at radius 1 is 1.06 bits per heavy atom. The van der Waals surface area contributed by atoms with Crippen molar-refractivity contribution >= 4 is 27.5 Å². The van der Waals surface area contributed by atoms with Crippen molar-refractivity contribution in [3.8, 4) is 5.75 Å². The molecular formula is C25H31N3O5S. The quantitative estimate of drug-likeness (QED) is 0.649. The number of rotatable bonds is 7. The van der Waals surface area contributed by atoms with Gasteiger partial charge in [0, 0.05) is 19.6 Å². The molecule has 1 N–H and O–H groups in total. The zero-order valence-corrected chi connectivity index (χ0v) is 20.2. The van der Waals surface area contributed by atoms with Crippen molar-refractivity contribution in [2.75, 3.05) is 36.8 Å². The largest absolute Gasteiger partial charge is 0.477 e. The highest BCUT2D eigenvalue weighted by Gasteiger charge is 2.39. The number of carbonyl (C=O) groups excluding carboxylic acids is 2. The molecule has 34 heavy (non-hydrogen) atoms. The number of hydrogen-bond acceptors (Lipinski definition) is 5. The average molecular weight is 486 g/mol. The third-order valence-corrected chi connectivity index (χ3v) is 8.23. The van der Waals surface area contributed by atoms with Crippen LogP contribution < -0.4 is 15.0 Å². The van der Waals surface area contributed by atoms with E-state index in [0.29, 0.717) is 43.8 Å². The van der Waals surface area contributed by atoms with E-state index in [0.717, 1.165) is 5.56 Å². The van der Waals surface area contributed by atoms with Crippen LogP contribution in [0, 0.1) is 5.92 Å². The van der Waals surface area contributed by atoms with Crippen LogP contribution in [0.4, 0.5) is 5.69 Å². The van der Waals surface area contributed by atoms with Crippen LogP contribution in [0.5, 0.6) is 5.75 Å². The summed E-state index contributed by atoms with van der Waals surface area (Å²) in [4.78, 5) is 28.1. The van der Waals surface area contributed by atoms with Gasteiger partial charge in [0.2, 0.25) is 15.9 Å². The number of nitrogens with one attached hydrogen (secondary N) is 1. The smallest absolute Gasteiger partial charge is 0.262 e. The van der Waals surface area contributed by atoms with Crippen LogP contribution in [0.1, 0.15) is 25.3 Å². The first-order chi connectivity index (χ1) is 16.4. The van der Waals surface area contributed by atoms with E-state index in [9.17, 15) is 18.0 Å². The van der Waals surface area contributed by atoms with Crippen LogP contribution >= 0.6 is 0 Å². The van der Waals surface area contributed by atoms with E-state index >= 15 is 0 Å². The first-order valence-corrected chi connectivity index (χ1v) is 13.4. The second-order valence-corrected chi connectivity index (χ2v) is 10.9. The molecule has 1 saturated heterocycles. The Kier molecular flexibility index (Phi) is 7.53. The van der Waals surface area contributed by atoms with Gasteiger partial charge in [0.1, 0.15) is 5.75 Å². The van der Waals surface area contributed by atoms with Gasteiger partial charge in [-0.1, -0.05) is 42.5 Å². The lowest BCUT2D eigenvalue weighted by Crippen LogP contribution is -2.54. The van der Waals surface area contributed by atoms with E-state index in [1.165, 1.54) is 4.31 Å². The molecule has 0 saturated carbocycles. The van der Waals surface area contributed by atoms with E-state index in [1.54, 1.807) is 30.0 Å². The van der Waals surface area contributed by atoms with Crippen LogP contribution in [0.25, 0.3) is 0 Å². The molecule has 8 nitrogen and oxygen atoms in total. The molecule has 0 aliphatic carbocycles. The molecule has 2 unspecified atom stereocenters. The molecular weight excluding hydrogens is 454 g/mol. The standard InChI is InChI=1S/C25H31N3O5S/c1-2-34(31,32)27-16-8-11-20(17-27)25(30)28-18-23(33-22-13-7-6-12-21(22)28)24(29)26-15-14-19-9-4-3-5-10-19/h3-7,9-10,12-13,20,23H,2,8,11,14-18H2,1H3,(H,26,29). The van der Waals surface area contributed by atoms with Gasteiger partial charge in [-0.3, -0.25) is 9.59 Å². The summed E-state index contributed by atoms with van der Waals surface area (Å²) in [7, 11) is -3.36. The fourth-order valence-electron chi connectivity index (χ4n) is 4.47. The first-order valence-electron chi connectivity index (χ1n) is 11.8. The molecule has 0 aromatic heterocycles. The Balaban J connectivity index is 1.46. The topological polar surface area (TPSA) is 96.0 Å². The van der Waals surface area contributed by atoms with Crippen LogP contribution in [-0.4, -0.2) is 62.6 Å². The summed E-state index contributed by atoms with van der Waals surface area (Å²) in [5.41, 5.74) is 1.73. The molecule has 182 valence electrons. The molecule has 0 spiro atoms. The summed E-state index contributed by atoms with van der Waals surface area (Å²) < 4.78 is 32.1. The van der Waals surface area contributed by atoms with Crippen LogP contribution in [0.2, 0.25) is 0 Å². The van der Waals surface area contributed by atoms with E-state index in [1.807, 2.05) is 36.4 Å². The van der Waals surface area contributed by atoms with Crippen molar-refractivity contribution in [3.05, 3.63) is 60.2 Å². The van der Waals surface area contributed by atoms with Gasteiger partial charge in [0.05, 0.1) is 23.9 Å². The predicted octanol–water partition coefficient (Wildman–Crippen LogP) is 2.20. The zero-order chi connectivity index (χ0) is 24.1. The van der Waals surface area contributed by atoms with Crippen molar-refractivity contribution in [3.63, 3.8) is 0 Å². The predicted molar refractivity (Wildman–Crippen MR) is 130 cm³/mol. The Morgan fingerprint density at radius 2 is 1.79 bits per heavy atom. The molecule has 0 bridgehead atoms. The summed E-state index contributed by atoms with van der Waals surface area (Å²) in [5.74, 6) is -0.419. The highest BCUT2D eigenvalue weighted by Crippen LogP contribution is 2.35. The lowest BCUT2D eigenvalue weighted by Gasteiger charge is -2.38. The Morgan fingerprint density at radius 3 is 2.56 bits per heavy atom. The maximum atomic E-state index is 13.6. The summed E-state index contributed by atoms with van der Waals surface area (Å²) in [6, 6.07) is 17.0. The molecule has 4 rings (SSSR count). The summed E-state index contributed by atoms with van der Waals surface area (Å²) >= 11 is 0.